The molecule has 1 fully saturated rings. The van der Waals surface area contributed by atoms with Crippen molar-refractivity contribution in [1.82, 2.24) is 14.9 Å². The van der Waals surface area contributed by atoms with Crippen LogP contribution >= 0.6 is 11.3 Å². The molecular weight excluding hydrogens is 392 g/mol. The quantitative estimate of drug-likeness (QED) is 0.539. The largest absolute Gasteiger partial charge is 0.340 e. The SMILES string of the molecule is Cc1cccc(-c2csc3c(=O)[nH]c(N4CCN(Cc5ccccc5)CC4)nc23)c1. The van der Waals surface area contributed by atoms with Crippen LogP contribution in [0.2, 0.25) is 0 Å². The third-order valence-corrected chi connectivity index (χ3v) is 6.63. The summed E-state index contributed by atoms with van der Waals surface area (Å²) in [6, 6.07) is 18.9. The Balaban J connectivity index is 1.39. The zero-order valence-corrected chi connectivity index (χ0v) is 17.8. The number of aryl methyl sites for hydroxylation is 1. The summed E-state index contributed by atoms with van der Waals surface area (Å²) >= 11 is 1.47. The number of nitrogens with zero attached hydrogens (tertiary/aromatic N) is 3. The van der Waals surface area contributed by atoms with Crippen molar-refractivity contribution in [3.63, 3.8) is 0 Å². The predicted octanol–water partition coefficient (Wildman–Crippen LogP) is 4.28. The van der Waals surface area contributed by atoms with Gasteiger partial charge in [-0.3, -0.25) is 14.7 Å². The van der Waals surface area contributed by atoms with E-state index in [2.05, 4.69) is 70.2 Å². The van der Waals surface area contributed by atoms with E-state index in [0.29, 0.717) is 10.6 Å². The molecule has 0 saturated carbocycles. The van der Waals surface area contributed by atoms with Gasteiger partial charge in [0.1, 0.15) is 4.70 Å². The molecule has 4 aromatic rings. The average Bonchev–Trinajstić information content (AvgIpc) is 3.20. The van der Waals surface area contributed by atoms with E-state index in [1.807, 2.05) is 11.4 Å². The summed E-state index contributed by atoms with van der Waals surface area (Å²) in [6.07, 6.45) is 0. The fourth-order valence-electron chi connectivity index (χ4n) is 4.04. The van der Waals surface area contributed by atoms with Gasteiger partial charge >= 0.3 is 0 Å². The van der Waals surface area contributed by atoms with Crippen LogP contribution in [0.5, 0.6) is 0 Å². The molecule has 5 nitrogen and oxygen atoms in total. The summed E-state index contributed by atoms with van der Waals surface area (Å²) in [7, 11) is 0. The lowest BCUT2D eigenvalue weighted by Gasteiger charge is -2.35. The minimum atomic E-state index is -0.0504. The van der Waals surface area contributed by atoms with Gasteiger partial charge in [-0.05, 0) is 18.1 Å². The summed E-state index contributed by atoms with van der Waals surface area (Å²) in [5.74, 6) is 0.680. The smallest absolute Gasteiger partial charge is 0.270 e. The first-order valence-corrected chi connectivity index (χ1v) is 11.1. The molecule has 1 aliphatic heterocycles. The number of hydrogen-bond donors (Lipinski definition) is 1. The molecule has 5 rings (SSSR count). The Kier molecular flexibility index (Phi) is 5.11. The number of rotatable bonds is 4. The summed E-state index contributed by atoms with van der Waals surface area (Å²) in [6.45, 7) is 6.64. The van der Waals surface area contributed by atoms with E-state index in [1.165, 1.54) is 22.5 Å². The molecule has 30 heavy (non-hydrogen) atoms. The minimum Gasteiger partial charge on any atom is -0.340 e. The molecule has 1 saturated heterocycles. The minimum absolute atomic E-state index is 0.0504. The van der Waals surface area contributed by atoms with Gasteiger partial charge in [0.05, 0.1) is 5.52 Å². The number of aromatic amines is 1. The van der Waals surface area contributed by atoms with Crippen LogP contribution in [0, 0.1) is 6.92 Å². The highest BCUT2D eigenvalue weighted by molar-refractivity contribution is 7.17. The third-order valence-electron chi connectivity index (χ3n) is 5.66. The second kappa shape index (κ2) is 8.05. The Morgan fingerprint density at radius 3 is 2.60 bits per heavy atom. The lowest BCUT2D eigenvalue weighted by molar-refractivity contribution is 0.248. The number of fused-ring (bicyclic) bond motifs is 1. The first kappa shape index (κ1) is 19.0. The van der Waals surface area contributed by atoms with Crippen LogP contribution in [0.3, 0.4) is 0 Å². The molecule has 0 atom stereocenters. The van der Waals surface area contributed by atoms with E-state index in [9.17, 15) is 4.79 Å². The van der Waals surface area contributed by atoms with Crippen LogP contribution in [0.25, 0.3) is 21.3 Å². The second-order valence-corrected chi connectivity index (χ2v) is 8.71. The van der Waals surface area contributed by atoms with E-state index in [4.69, 9.17) is 4.98 Å². The highest BCUT2D eigenvalue weighted by atomic mass is 32.1. The Morgan fingerprint density at radius 2 is 1.83 bits per heavy atom. The number of hydrogen-bond acceptors (Lipinski definition) is 5. The Bertz CT molecular complexity index is 1220. The molecule has 152 valence electrons. The average molecular weight is 417 g/mol. The molecule has 2 aromatic carbocycles. The predicted molar refractivity (Wildman–Crippen MR) is 124 cm³/mol. The van der Waals surface area contributed by atoms with E-state index in [1.54, 1.807) is 0 Å². The lowest BCUT2D eigenvalue weighted by Crippen LogP contribution is -2.46. The number of aromatic nitrogens is 2. The zero-order valence-electron chi connectivity index (χ0n) is 17.0. The number of thiophene rings is 1. The molecule has 0 spiro atoms. The fourth-order valence-corrected chi connectivity index (χ4v) is 4.95. The highest BCUT2D eigenvalue weighted by Gasteiger charge is 2.21. The summed E-state index contributed by atoms with van der Waals surface area (Å²) in [5.41, 5.74) is 5.43. The maximum Gasteiger partial charge on any atom is 0.270 e. The number of piperazine rings is 1. The van der Waals surface area contributed by atoms with E-state index >= 15 is 0 Å². The highest BCUT2D eigenvalue weighted by Crippen LogP contribution is 2.32. The van der Waals surface area contributed by atoms with Gasteiger partial charge in [0, 0.05) is 43.7 Å². The van der Waals surface area contributed by atoms with Crippen LogP contribution in [-0.2, 0) is 6.54 Å². The van der Waals surface area contributed by atoms with Crippen LogP contribution in [0.1, 0.15) is 11.1 Å². The van der Waals surface area contributed by atoms with Crippen molar-refractivity contribution < 1.29 is 0 Å². The molecule has 0 amide bonds. The summed E-state index contributed by atoms with van der Waals surface area (Å²) < 4.78 is 0.693. The Labute approximate surface area is 179 Å². The standard InChI is InChI=1S/C24H24N4OS/c1-17-6-5-9-19(14-17)20-16-30-22-21(20)25-24(26-23(22)29)28-12-10-27(11-13-28)15-18-7-3-2-4-8-18/h2-9,14,16H,10-13,15H2,1H3,(H,25,26,29). The number of nitrogens with one attached hydrogen (secondary N) is 1. The molecule has 0 unspecified atom stereocenters. The number of benzene rings is 2. The maximum atomic E-state index is 12.7. The van der Waals surface area contributed by atoms with Gasteiger partial charge in [-0.15, -0.1) is 11.3 Å². The van der Waals surface area contributed by atoms with Crippen molar-refractivity contribution in [2.75, 3.05) is 31.1 Å². The van der Waals surface area contributed by atoms with Crippen molar-refractivity contribution in [2.45, 2.75) is 13.5 Å². The first-order valence-electron chi connectivity index (χ1n) is 10.3. The zero-order chi connectivity index (χ0) is 20.5. The topological polar surface area (TPSA) is 52.2 Å². The molecule has 1 N–H and O–H groups in total. The molecule has 3 heterocycles. The van der Waals surface area contributed by atoms with Crippen LogP contribution in [-0.4, -0.2) is 41.0 Å². The fraction of sp³-hybridized carbons (Fsp3) is 0.250. The van der Waals surface area contributed by atoms with E-state index in [0.717, 1.165) is 49.4 Å². The van der Waals surface area contributed by atoms with Gasteiger partial charge in [-0.25, -0.2) is 4.98 Å². The third kappa shape index (κ3) is 3.76. The van der Waals surface area contributed by atoms with Gasteiger partial charge in [0.25, 0.3) is 5.56 Å². The summed E-state index contributed by atoms with van der Waals surface area (Å²) in [5, 5.41) is 2.04. The van der Waals surface area contributed by atoms with Crippen molar-refractivity contribution in [2.24, 2.45) is 0 Å². The maximum absolute atomic E-state index is 12.7. The summed E-state index contributed by atoms with van der Waals surface area (Å²) in [4.78, 5) is 25.3. The molecule has 0 radical (unpaired) electrons. The molecule has 0 aliphatic carbocycles. The normalized spacial score (nSPS) is 15.0. The van der Waals surface area contributed by atoms with Gasteiger partial charge in [0.2, 0.25) is 5.95 Å². The lowest BCUT2D eigenvalue weighted by atomic mass is 10.1. The van der Waals surface area contributed by atoms with Gasteiger partial charge < -0.3 is 4.90 Å². The number of H-pyrrole nitrogens is 1. The molecular formula is C24H24N4OS. The van der Waals surface area contributed by atoms with E-state index in [-0.39, 0.29) is 5.56 Å². The monoisotopic (exact) mass is 416 g/mol. The van der Waals surface area contributed by atoms with Crippen molar-refractivity contribution in [3.05, 3.63) is 81.5 Å². The number of anilines is 1. The Hall–Kier alpha value is -2.96. The van der Waals surface area contributed by atoms with Crippen molar-refractivity contribution in [1.29, 1.82) is 0 Å². The van der Waals surface area contributed by atoms with Gasteiger partial charge in [0.15, 0.2) is 0 Å². The van der Waals surface area contributed by atoms with Crippen molar-refractivity contribution in [3.8, 4) is 11.1 Å². The van der Waals surface area contributed by atoms with Crippen LogP contribution in [0.15, 0.2) is 64.8 Å². The van der Waals surface area contributed by atoms with Gasteiger partial charge in [-0.2, -0.15) is 0 Å². The van der Waals surface area contributed by atoms with Crippen LogP contribution in [0.4, 0.5) is 5.95 Å². The molecule has 0 bridgehead atoms. The van der Waals surface area contributed by atoms with Crippen molar-refractivity contribution >= 4 is 27.5 Å². The molecule has 2 aromatic heterocycles. The second-order valence-electron chi connectivity index (χ2n) is 7.83. The van der Waals surface area contributed by atoms with Crippen LogP contribution < -0.4 is 10.5 Å². The molecule has 1 aliphatic rings. The van der Waals surface area contributed by atoms with Gasteiger partial charge in [-0.1, -0.05) is 60.2 Å². The molecule has 6 heteroatoms. The first-order chi connectivity index (χ1) is 14.7. The van der Waals surface area contributed by atoms with E-state index < -0.39 is 0 Å². The Morgan fingerprint density at radius 1 is 1.03 bits per heavy atom.